The normalized spacial score (nSPS) is 15.8. The van der Waals surface area contributed by atoms with Gasteiger partial charge in [-0.25, -0.2) is 19.3 Å². The molecule has 2 aliphatic carbocycles. The number of carbonyl (C=O) groups excluding carboxylic acids is 3. The minimum absolute atomic E-state index is 0.0536. The van der Waals surface area contributed by atoms with Crippen LogP contribution in [0.1, 0.15) is 125 Å². The van der Waals surface area contributed by atoms with Crippen LogP contribution in [0, 0.1) is 12.7 Å². The molecular weight excluding hydrogens is 826 g/mol. The van der Waals surface area contributed by atoms with Gasteiger partial charge < -0.3 is 23.9 Å². The van der Waals surface area contributed by atoms with E-state index in [1.165, 1.54) is 12.5 Å². The molecule has 16 nitrogen and oxygen atoms in total. The third kappa shape index (κ3) is 8.53. The average molecular weight is 874 g/mol. The van der Waals surface area contributed by atoms with Gasteiger partial charge in [-0.3, -0.25) is 19.3 Å². The maximum atomic E-state index is 14.8. The third-order valence-electron chi connectivity index (χ3n) is 12.3. The number of likely N-dealkylation sites (tertiary alicyclic amines) is 1. The van der Waals surface area contributed by atoms with Crippen molar-refractivity contribution in [2.24, 2.45) is 0 Å². The van der Waals surface area contributed by atoms with Gasteiger partial charge in [-0.2, -0.15) is 0 Å². The number of piperidine rings is 1. The van der Waals surface area contributed by atoms with E-state index in [1.54, 1.807) is 60.3 Å². The molecule has 11 rings (SSSR count). The number of nitrogens with zero attached hydrogens (tertiary/aromatic N) is 12. The van der Waals surface area contributed by atoms with Crippen LogP contribution in [0.4, 0.5) is 16.0 Å². The van der Waals surface area contributed by atoms with E-state index in [0.29, 0.717) is 64.2 Å². The van der Waals surface area contributed by atoms with Crippen molar-refractivity contribution in [1.82, 2.24) is 53.9 Å². The molecule has 2 saturated carbocycles. The van der Waals surface area contributed by atoms with E-state index < -0.39 is 11.7 Å². The lowest BCUT2D eigenvalue weighted by molar-refractivity contribution is 0.0723. The number of imidazole rings is 1. The van der Waals surface area contributed by atoms with Gasteiger partial charge in [0.05, 0.1) is 29.8 Å². The van der Waals surface area contributed by atoms with Gasteiger partial charge in [-0.1, -0.05) is 12.1 Å². The molecule has 2 aliphatic heterocycles. The van der Waals surface area contributed by atoms with Gasteiger partial charge >= 0.3 is 0 Å². The topological polar surface area (TPSA) is 175 Å². The fourth-order valence-corrected chi connectivity index (χ4v) is 8.45. The Balaban J connectivity index is 0.000000153. The molecular formula is C48H48FN13O3. The summed E-state index contributed by atoms with van der Waals surface area (Å²) < 4.78 is 20.6. The van der Waals surface area contributed by atoms with Gasteiger partial charge in [-0.05, 0) is 131 Å². The zero-order chi connectivity index (χ0) is 44.8. The first-order valence-electron chi connectivity index (χ1n) is 22.2. The van der Waals surface area contributed by atoms with E-state index in [1.807, 2.05) is 65.3 Å². The molecule has 330 valence electrons. The summed E-state index contributed by atoms with van der Waals surface area (Å²) >= 11 is 0. The summed E-state index contributed by atoms with van der Waals surface area (Å²) in [4.78, 5) is 56.3. The van der Waals surface area contributed by atoms with E-state index in [2.05, 4.69) is 40.2 Å². The summed E-state index contributed by atoms with van der Waals surface area (Å²) in [6.07, 6.45) is 14.9. The highest BCUT2D eigenvalue weighted by Crippen LogP contribution is 2.40. The van der Waals surface area contributed by atoms with Crippen LogP contribution in [0.2, 0.25) is 0 Å². The molecule has 1 saturated heterocycles. The highest BCUT2D eigenvalue weighted by molar-refractivity contribution is 6.10. The number of rotatable bonds is 10. The number of aryl methyl sites for hydroxylation is 1. The first-order valence-corrected chi connectivity index (χ1v) is 22.2. The predicted molar refractivity (Wildman–Crippen MR) is 240 cm³/mol. The molecule has 65 heavy (non-hydrogen) atoms. The number of fused-ring (bicyclic) bond motifs is 1. The number of benzene rings is 2. The monoisotopic (exact) mass is 873 g/mol. The van der Waals surface area contributed by atoms with Crippen LogP contribution in [-0.4, -0.2) is 84.8 Å². The first-order chi connectivity index (χ1) is 31.6. The fourth-order valence-electron chi connectivity index (χ4n) is 8.45. The molecule has 5 aromatic heterocycles. The van der Waals surface area contributed by atoms with E-state index in [0.717, 1.165) is 74.3 Å². The van der Waals surface area contributed by atoms with Gasteiger partial charge in [-0.15, -0.1) is 20.4 Å². The quantitative estimate of drug-likeness (QED) is 0.141. The Kier molecular flexibility index (Phi) is 11.0. The molecule has 0 unspecified atom stereocenters. The van der Waals surface area contributed by atoms with Crippen molar-refractivity contribution in [3.05, 3.63) is 131 Å². The van der Waals surface area contributed by atoms with Crippen molar-refractivity contribution < 1.29 is 18.8 Å². The van der Waals surface area contributed by atoms with E-state index >= 15 is 0 Å². The number of hydrogen-bond donors (Lipinski definition) is 1. The maximum Gasteiger partial charge on any atom is 0.260 e. The SMILES string of the molecule is Cc1cc(F)c(C(=O)Nc2cccc(-c3nncn3C(C)C)n2)cc1-n1cnc(C2CC2)c1.O=C(c1ccc2c(c1)CN(c1cccc(-c3nncn3C3CC3)n1)C2=O)N1CCCCC1. The number of halogens is 1. The molecule has 2 aromatic carbocycles. The largest absolute Gasteiger partial charge is 0.339 e. The maximum absolute atomic E-state index is 14.8. The molecule has 0 atom stereocenters. The zero-order valence-corrected chi connectivity index (χ0v) is 36.4. The lowest BCUT2D eigenvalue weighted by Gasteiger charge is -2.26. The average Bonchev–Trinajstić information content (AvgIpc) is 4.12. The molecule has 0 radical (unpaired) electrons. The zero-order valence-electron chi connectivity index (χ0n) is 36.4. The Labute approximate surface area is 374 Å². The van der Waals surface area contributed by atoms with Gasteiger partial charge in [0.25, 0.3) is 17.7 Å². The molecule has 0 spiro atoms. The number of carbonyl (C=O) groups is 3. The third-order valence-corrected chi connectivity index (χ3v) is 12.3. The summed E-state index contributed by atoms with van der Waals surface area (Å²) in [6.45, 7) is 7.87. The molecule has 0 bridgehead atoms. The lowest BCUT2D eigenvalue weighted by Crippen LogP contribution is -2.35. The van der Waals surface area contributed by atoms with Gasteiger partial charge in [0.15, 0.2) is 11.6 Å². The van der Waals surface area contributed by atoms with Crippen LogP contribution in [-0.2, 0) is 6.54 Å². The van der Waals surface area contributed by atoms with Crippen molar-refractivity contribution >= 4 is 29.4 Å². The van der Waals surface area contributed by atoms with Gasteiger partial charge in [0, 0.05) is 48.4 Å². The smallest absolute Gasteiger partial charge is 0.260 e. The number of amides is 3. The summed E-state index contributed by atoms with van der Waals surface area (Å²) in [5, 5.41) is 19.1. The van der Waals surface area contributed by atoms with Crippen molar-refractivity contribution in [3.8, 4) is 28.7 Å². The number of anilines is 2. The van der Waals surface area contributed by atoms with Crippen LogP contribution >= 0.6 is 0 Å². The minimum Gasteiger partial charge on any atom is -0.339 e. The van der Waals surface area contributed by atoms with E-state index in [9.17, 15) is 18.8 Å². The number of hydrogen-bond acceptors (Lipinski definition) is 10. The number of pyridine rings is 2. The standard InChI is InChI=1S/C24H24FN7O.C24H24N6O2/c1-14(2)32-13-27-30-23(32)19-5-4-6-22(28-19)29-24(33)17-10-21(15(3)9-18(17)25)31-11-20(26-12-31)16-7-8-16;31-23(28-11-2-1-3-12-28)16-7-10-19-17(13-16)14-29(24(19)32)21-6-4-5-20(26-21)22-27-25-15-30(22)18-8-9-18/h4-6,9-14,16H,7-8H2,1-3H3,(H,28,29,33);4-7,10,13,15,18H,1-3,8-9,11-12,14H2. The van der Waals surface area contributed by atoms with E-state index in [-0.39, 0.29) is 23.4 Å². The molecule has 4 aliphatic rings. The van der Waals surface area contributed by atoms with Crippen molar-refractivity contribution in [2.75, 3.05) is 23.3 Å². The Hall–Kier alpha value is -7.43. The van der Waals surface area contributed by atoms with Crippen LogP contribution in [0.3, 0.4) is 0 Å². The van der Waals surface area contributed by atoms with Gasteiger partial charge in [0.2, 0.25) is 0 Å². The lowest BCUT2D eigenvalue weighted by atomic mass is 10.0. The van der Waals surface area contributed by atoms with Crippen molar-refractivity contribution in [2.45, 2.75) is 90.3 Å². The van der Waals surface area contributed by atoms with Crippen LogP contribution < -0.4 is 10.2 Å². The molecule has 7 aromatic rings. The van der Waals surface area contributed by atoms with Crippen molar-refractivity contribution in [1.29, 1.82) is 0 Å². The Morgan fingerprint density at radius 2 is 1.58 bits per heavy atom. The molecule has 3 fully saturated rings. The number of nitrogens with one attached hydrogen (secondary N) is 1. The van der Waals surface area contributed by atoms with E-state index in [4.69, 9.17) is 4.98 Å². The van der Waals surface area contributed by atoms with Crippen LogP contribution in [0.25, 0.3) is 28.7 Å². The molecule has 1 N–H and O–H groups in total. The Morgan fingerprint density at radius 1 is 0.831 bits per heavy atom. The summed E-state index contributed by atoms with van der Waals surface area (Å²) in [5.74, 6) is 1.51. The van der Waals surface area contributed by atoms with Gasteiger partial charge in [0.1, 0.15) is 41.5 Å². The number of aromatic nitrogens is 10. The summed E-state index contributed by atoms with van der Waals surface area (Å²) in [7, 11) is 0. The molecule has 3 amide bonds. The second-order valence-corrected chi connectivity index (χ2v) is 17.4. The fraction of sp³-hybridized carbons (Fsp3) is 0.333. The minimum atomic E-state index is -0.591. The van der Waals surface area contributed by atoms with Crippen LogP contribution in [0.5, 0.6) is 0 Å². The first kappa shape index (κ1) is 41.6. The summed E-state index contributed by atoms with van der Waals surface area (Å²) in [5.41, 5.74) is 5.82. The highest BCUT2D eigenvalue weighted by Gasteiger charge is 2.32. The second kappa shape index (κ2) is 17.3. The molecule has 17 heteroatoms. The molecule has 7 heterocycles. The predicted octanol–water partition coefficient (Wildman–Crippen LogP) is 8.15. The Bertz CT molecular complexity index is 2940. The summed E-state index contributed by atoms with van der Waals surface area (Å²) in [6, 6.07) is 19.8. The van der Waals surface area contributed by atoms with Crippen molar-refractivity contribution in [3.63, 3.8) is 0 Å². The van der Waals surface area contributed by atoms with Crippen LogP contribution in [0.15, 0.2) is 91.9 Å². The second-order valence-electron chi connectivity index (χ2n) is 17.4. The Morgan fingerprint density at radius 3 is 2.35 bits per heavy atom. The highest BCUT2D eigenvalue weighted by atomic mass is 19.1.